The van der Waals surface area contributed by atoms with Crippen LogP contribution in [0.2, 0.25) is 10.0 Å². The third-order valence-electron chi connectivity index (χ3n) is 2.81. The molecule has 0 atom stereocenters. The van der Waals surface area contributed by atoms with Gasteiger partial charge in [0.05, 0.1) is 13.5 Å². The van der Waals surface area contributed by atoms with Crippen molar-refractivity contribution in [3.63, 3.8) is 0 Å². The van der Waals surface area contributed by atoms with Gasteiger partial charge in [0.1, 0.15) is 0 Å². The molecular weight excluding hydrogens is 313 g/mol. The third-order valence-corrected chi connectivity index (χ3v) is 3.25. The number of benzene rings is 1. The zero-order valence-electron chi connectivity index (χ0n) is 11.9. The smallest absolute Gasteiger partial charge is 0.307 e. The summed E-state index contributed by atoms with van der Waals surface area (Å²) < 4.78 is 4.56. The number of carbonyl (C=O) groups is 2. The number of likely N-dealkylation sites (N-methyl/N-ethyl adjacent to an activating group) is 1. The number of amides is 1. The third kappa shape index (κ3) is 6.19. The van der Waals surface area contributed by atoms with Gasteiger partial charge in [0.2, 0.25) is 5.91 Å². The van der Waals surface area contributed by atoms with E-state index < -0.39 is 0 Å². The minimum absolute atomic E-state index is 0.174. The van der Waals surface area contributed by atoms with Crippen LogP contribution >= 0.6 is 23.2 Å². The van der Waals surface area contributed by atoms with Gasteiger partial charge in [0.25, 0.3) is 0 Å². The molecule has 0 unspecified atom stereocenters. The summed E-state index contributed by atoms with van der Waals surface area (Å²) in [6.07, 6.45) is 3.25. The molecule has 0 aliphatic heterocycles. The van der Waals surface area contributed by atoms with Gasteiger partial charge in [-0.2, -0.15) is 0 Å². The maximum absolute atomic E-state index is 12.0. The fraction of sp³-hybridized carbons (Fsp3) is 0.333. The van der Waals surface area contributed by atoms with Crippen LogP contribution in [0.15, 0.2) is 24.3 Å². The molecule has 0 N–H and O–H groups in total. The number of rotatable bonds is 6. The normalized spacial score (nSPS) is 10.7. The first-order valence-corrected chi connectivity index (χ1v) is 7.21. The Hall–Kier alpha value is -1.52. The maximum atomic E-state index is 12.0. The van der Waals surface area contributed by atoms with Crippen LogP contribution in [0.5, 0.6) is 0 Å². The molecule has 1 aromatic carbocycles. The Labute approximate surface area is 134 Å². The Balaban J connectivity index is 2.68. The highest BCUT2D eigenvalue weighted by Crippen LogP contribution is 2.19. The molecular formula is C15H17Cl2NO3. The molecule has 0 bridgehead atoms. The first-order valence-electron chi connectivity index (χ1n) is 6.46. The zero-order valence-corrected chi connectivity index (χ0v) is 13.4. The average Bonchev–Trinajstić information content (AvgIpc) is 2.44. The van der Waals surface area contributed by atoms with E-state index in [9.17, 15) is 9.59 Å². The van der Waals surface area contributed by atoms with Crippen LogP contribution in [0.25, 0.3) is 6.08 Å². The number of esters is 1. The lowest BCUT2D eigenvalue weighted by Gasteiger charge is -2.18. The quantitative estimate of drug-likeness (QED) is 0.593. The highest BCUT2D eigenvalue weighted by molar-refractivity contribution is 6.34. The Morgan fingerprint density at radius 2 is 1.86 bits per heavy atom. The molecule has 114 valence electrons. The van der Waals surface area contributed by atoms with Gasteiger partial charge in [-0.15, -0.1) is 0 Å². The number of nitrogens with zero attached hydrogens (tertiary/aromatic N) is 1. The van der Waals surface area contributed by atoms with E-state index in [1.807, 2.05) is 6.92 Å². The van der Waals surface area contributed by atoms with E-state index in [2.05, 4.69) is 4.74 Å². The summed E-state index contributed by atoms with van der Waals surface area (Å²) >= 11 is 11.8. The number of hydrogen-bond donors (Lipinski definition) is 0. The summed E-state index contributed by atoms with van der Waals surface area (Å²) in [6.45, 7) is 2.68. The minimum atomic E-state index is -0.341. The lowest BCUT2D eigenvalue weighted by molar-refractivity contribution is -0.141. The fourth-order valence-electron chi connectivity index (χ4n) is 1.70. The van der Waals surface area contributed by atoms with E-state index in [0.717, 1.165) is 5.56 Å². The van der Waals surface area contributed by atoms with E-state index in [1.165, 1.54) is 13.2 Å². The van der Waals surface area contributed by atoms with Crippen LogP contribution in [0.3, 0.4) is 0 Å². The van der Waals surface area contributed by atoms with E-state index >= 15 is 0 Å². The van der Waals surface area contributed by atoms with Gasteiger partial charge in [0.15, 0.2) is 0 Å². The molecule has 1 aromatic rings. The number of hydrogen-bond acceptors (Lipinski definition) is 3. The van der Waals surface area contributed by atoms with Gasteiger partial charge < -0.3 is 9.64 Å². The van der Waals surface area contributed by atoms with Crippen molar-refractivity contribution in [2.45, 2.75) is 13.3 Å². The van der Waals surface area contributed by atoms with E-state index in [1.54, 1.807) is 29.2 Å². The molecule has 21 heavy (non-hydrogen) atoms. The largest absolute Gasteiger partial charge is 0.469 e. The van der Waals surface area contributed by atoms with Gasteiger partial charge in [-0.25, -0.2) is 0 Å². The predicted octanol–water partition coefficient (Wildman–Crippen LogP) is 3.42. The summed E-state index contributed by atoms with van der Waals surface area (Å²) in [6, 6.07) is 5.04. The van der Waals surface area contributed by atoms with Gasteiger partial charge in [-0.05, 0) is 36.8 Å². The van der Waals surface area contributed by atoms with Crippen molar-refractivity contribution < 1.29 is 14.3 Å². The molecule has 0 saturated heterocycles. The van der Waals surface area contributed by atoms with Crippen molar-refractivity contribution in [1.82, 2.24) is 4.90 Å². The highest BCUT2D eigenvalue weighted by atomic mass is 35.5. The van der Waals surface area contributed by atoms with Gasteiger partial charge >= 0.3 is 5.97 Å². The summed E-state index contributed by atoms with van der Waals surface area (Å²) in [5.74, 6) is -0.524. The summed E-state index contributed by atoms with van der Waals surface area (Å²) in [4.78, 5) is 24.7. The van der Waals surface area contributed by atoms with Crippen LogP contribution in [-0.4, -0.2) is 37.0 Å². The van der Waals surface area contributed by atoms with Crippen LogP contribution < -0.4 is 0 Å². The summed E-state index contributed by atoms with van der Waals surface area (Å²) in [5.41, 5.74) is 0.741. The lowest BCUT2D eigenvalue weighted by Crippen LogP contribution is -2.31. The molecule has 1 amide bonds. The Bertz CT molecular complexity index is 523. The second-order valence-electron chi connectivity index (χ2n) is 4.28. The molecule has 0 aliphatic rings. The standard InChI is InChI=1S/C15H17Cl2NO3/c1-3-18(7-6-15(20)21-2)14(19)5-4-11-8-12(16)10-13(17)9-11/h4-5,8-10H,3,6-7H2,1-2H3/b5-4+. The van der Waals surface area contributed by atoms with Crippen molar-refractivity contribution >= 4 is 41.2 Å². The van der Waals surface area contributed by atoms with Crippen molar-refractivity contribution in [2.75, 3.05) is 20.2 Å². The lowest BCUT2D eigenvalue weighted by atomic mass is 10.2. The first-order chi connectivity index (χ1) is 9.96. The molecule has 0 heterocycles. The molecule has 4 nitrogen and oxygen atoms in total. The first kappa shape index (κ1) is 17.5. The molecule has 0 spiro atoms. The second-order valence-corrected chi connectivity index (χ2v) is 5.15. The Kier molecular flexibility index (Phi) is 7.26. The van der Waals surface area contributed by atoms with Crippen molar-refractivity contribution in [1.29, 1.82) is 0 Å². The second kappa shape index (κ2) is 8.70. The average molecular weight is 330 g/mol. The molecule has 0 radical (unpaired) electrons. The maximum Gasteiger partial charge on any atom is 0.307 e. The highest BCUT2D eigenvalue weighted by Gasteiger charge is 2.10. The topological polar surface area (TPSA) is 46.6 Å². The van der Waals surface area contributed by atoms with Crippen LogP contribution in [-0.2, 0) is 14.3 Å². The number of ether oxygens (including phenoxy) is 1. The molecule has 0 aliphatic carbocycles. The minimum Gasteiger partial charge on any atom is -0.469 e. The van der Waals surface area contributed by atoms with E-state index in [-0.39, 0.29) is 18.3 Å². The summed E-state index contributed by atoms with van der Waals surface area (Å²) in [5, 5.41) is 1.01. The summed E-state index contributed by atoms with van der Waals surface area (Å²) in [7, 11) is 1.32. The Morgan fingerprint density at radius 1 is 1.24 bits per heavy atom. The van der Waals surface area contributed by atoms with Gasteiger partial charge in [-0.1, -0.05) is 23.2 Å². The fourth-order valence-corrected chi connectivity index (χ4v) is 2.24. The number of halogens is 2. The molecule has 1 rings (SSSR count). The Morgan fingerprint density at radius 3 is 2.38 bits per heavy atom. The van der Waals surface area contributed by atoms with Crippen LogP contribution in [0.1, 0.15) is 18.9 Å². The van der Waals surface area contributed by atoms with Crippen LogP contribution in [0.4, 0.5) is 0 Å². The molecule has 0 saturated carbocycles. The predicted molar refractivity (Wildman–Crippen MR) is 84.4 cm³/mol. The van der Waals surface area contributed by atoms with E-state index in [4.69, 9.17) is 23.2 Å². The van der Waals surface area contributed by atoms with Gasteiger partial charge in [0, 0.05) is 29.2 Å². The zero-order chi connectivity index (χ0) is 15.8. The monoisotopic (exact) mass is 329 g/mol. The number of carbonyl (C=O) groups excluding carboxylic acids is 2. The van der Waals surface area contributed by atoms with Crippen molar-refractivity contribution in [3.05, 3.63) is 39.9 Å². The van der Waals surface area contributed by atoms with Gasteiger partial charge in [-0.3, -0.25) is 9.59 Å². The van der Waals surface area contributed by atoms with Crippen LogP contribution in [0, 0.1) is 0 Å². The molecule has 0 fully saturated rings. The van der Waals surface area contributed by atoms with Crippen molar-refractivity contribution in [2.24, 2.45) is 0 Å². The van der Waals surface area contributed by atoms with Crippen molar-refractivity contribution in [3.8, 4) is 0 Å². The van der Waals surface area contributed by atoms with E-state index in [0.29, 0.717) is 23.1 Å². The SMILES string of the molecule is CCN(CCC(=O)OC)C(=O)/C=C/c1cc(Cl)cc(Cl)c1. The molecule has 0 aromatic heterocycles. The molecule has 6 heteroatoms. The number of methoxy groups -OCH3 is 1.